The van der Waals surface area contributed by atoms with Crippen LogP contribution in [0.15, 0.2) is 18.2 Å². The molecule has 2 rings (SSSR count). The van der Waals surface area contributed by atoms with Crippen LogP contribution in [-0.4, -0.2) is 20.0 Å². The Morgan fingerprint density at radius 2 is 2.43 bits per heavy atom. The largest absolute Gasteiger partial charge is 0.493 e. The highest BCUT2D eigenvalue weighted by Gasteiger charge is 2.21. The zero-order chi connectivity index (χ0) is 9.97. The number of para-hydroxylation sites is 1. The summed E-state index contributed by atoms with van der Waals surface area (Å²) in [6.07, 6.45) is 1.69. The van der Waals surface area contributed by atoms with Crippen LogP contribution in [0.3, 0.4) is 0 Å². The predicted molar refractivity (Wildman–Crippen MR) is 51.7 cm³/mol. The fourth-order valence-corrected chi connectivity index (χ4v) is 1.67. The van der Waals surface area contributed by atoms with Crippen molar-refractivity contribution in [1.82, 2.24) is 0 Å². The van der Waals surface area contributed by atoms with Gasteiger partial charge in [-0.3, -0.25) is 0 Å². The van der Waals surface area contributed by atoms with E-state index >= 15 is 0 Å². The first kappa shape index (κ1) is 9.06. The lowest BCUT2D eigenvalue weighted by Gasteiger charge is -2.23. The van der Waals surface area contributed by atoms with Crippen molar-refractivity contribution in [3.8, 4) is 11.5 Å². The van der Waals surface area contributed by atoms with Crippen molar-refractivity contribution in [3.63, 3.8) is 0 Å². The van der Waals surface area contributed by atoms with Crippen molar-refractivity contribution in [3.05, 3.63) is 23.8 Å². The Hall–Kier alpha value is -1.51. The number of hydrogen-bond acceptors (Lipinski definition) is 3. The highest BCUT2D eigenvalue weighted by Crippen LogP contribution is 2.35. The van der Waals surface area contributed by atoms with Crippen molar-refractivity contribution in [2.75, 3.05) is 13.7 Å². The van der Waals surface area contributed by atoms with E-state index < -0.39 is 0 Å². The van der Waals surface area contributed by atoms with Crippen molar-refractivity contribution < 1.29 is 14.3 Å². The summed E-state index contributed by atoms with van der Waals surface area (Å²) in [7, 11) is 1.62. The molecule has 1 atom stereocenters. The lowest BCUT2D eigenvalue weighted by atomic mass is 9.98. The van der Waals surface area contributed by atoms with E-state index in [0.29, 0.717) is 6.61 Å². The van der Waals surface area contributed by atoms with E-state index in [4.69, 9.17) is 9.47 Å². The molecule has 0 unspecified atom stereocenters. The van der Waals surface area contributed by atoms with E-state index in [0.717, 1.165) is 29.8 Å². The minimum Gasteiger partial charge on any atom is -0.493 e. The molecule has 74 valence electrons. The van der Waals surface area contributed by atoms with Gasteiger partial charge in [-0.25, -0.2) is 0 Å². The lowest BCUT2D eigenvalue weighted by molar-refractivity contribution is -0.112. The fraction of sp³-hybridized carbons (Fsp3) is 0.364. The first-order valence-electron chi connectivity index (χ1n) is 4.59. The minimum absolute atomic E-state index is 0.0189. The van der Waals surface area contributed by atoms with Crippen LogP contribution in [0, 0.1) is 5.92 Å². The normalized spacial score (nSPS) is 19.4. The van der Waals surface area contributed by atoms with Crippen molar-refractivity contribution in [2.45, 2.75) is 6.42 Å². The molecule has 0 aromatic heterocycles. The molecule has 0 saturated carbocycles. The number of benzene rings is 1. The highest BCUT2D eigenvalue weighted by atomic mass is 16.5. The molecule has 0 radical (unpaired) electrons. The van der Waals surface area contributed by atoms with E-state index in [9.17, 15) is 4.79 Å². The van der Waals surface area contributed by atoms with E-state index in [2.05, 4.69) is 0 Å². The zero-order valence-corrected chi connectivity index (χ0v) is 8.03. The van der Waals surface area contributed by atoms with Gasteiger partial charge in [0.2, 0.25) is 0 Å². The molecule has 0 saturated heterocycles. The maximum Gasteiger partial charge on any atom is 0.164 e. The third-order valence-corrected chi connectivity index (χ3v) is 2.40. The first-order valence-corrected chi connectivity index (χ1v) is 4.59. The molecule has 3 heteroatoms. The Labute approximate surface area is 82.6 Å². The van der Waals surface area contributed by atoms with Crippen LogP contribution < -0.4 is 9.47 Å². The van der Waals surface area contributed by atoms with E-state index in [1.54, 1.807) is 7.11 Å². The number of rotatable bonds is 2. The van der Waals surface area contributed by atoms with Gasteiger partial charge in [0.25, 0.3) is 0 Å². The number of methoxy groups -OCH3 is 1. The smallest absolute Gasteiger partial charge is 0.164 e. The predicted octanol–water partition coefficient (Wildman–Crippen LogP) is 1.45. The van der Waals surface area contributed by atoms with Crippen molar-refractivity contribution in [2.24, 2.45) is 5.92 Å². The average Bonchev–Trinajstić information content (AvgIpc) is 2.27. The third-order valence-electron chi connectivity index (χ3n) is 2.40. The molecule has 1 aromatic carbocycles. The minimum atomic E-state index is -0.0189. The van der Waals surface area contributed by atoms with Gasteiger partial charge >= 0.3 is 0 Å². The summed E-state index contributed by atoms with van der Waals surface area (Å²) in [6, 6.07) is 5.74. The van der Waals surface area contributed by atoms with Gasteiger partial charge in [-0.2, -0.15) is 0 Å². The molecule has 0 spiro atoms. The monoisotopic (exact) mass is 192 g/mol. The van der Waals surface area contributed by atoms with Crippen LogP contribution in [0.1, 0.15) is 5.56 Å². The van der Waals surface area contributed by atoms with Gasteiger partial charge in [-0.1, -0.05) is 12.1 Å². The molecule has 1 aromatic rings. The van der Waals surface area contributed by atoms with Gasteiger partial charge < -0.3 is 14.3 Å². The topological polar surface area (TPSA) is 35.5 Å². The zero-order valence-electron chi connectivity index (χ0n) is 8.03. The average molecular weight is 192 g/mol. The van der Waals surface area contributed by atoms with Crippen LogP contribution in [0.25, 0.3) is 0 Å². The Morgan fingerprint density at radius 1 is 1.57 bits per heavy atom. The summed E-state index contributed by atoms with van der Waals surface area (Å²) in [6.45, 7) is 0.455. The summed E-state index contributed by atoms with van der Waals surface area (Å²) >= 11 is 0. The quantitative estimate of drug-likeness (QED) is 0.665. The number of fused-ring (bicyclic) bond motifs is 1. The maximum absolute atomic E-state index is 10.6. The number of carbonyl (C=O) groups excluding carboxylic acids is 1. The molecular weight excluding hydrogens is 180 g/mol. The van der Waals surface area contributed by atoms with Crippen LogP contribution in [0.2, 0.25) is 0 Å². The Kier molecular flexibility index (Phi) is 2.39. The Bertz CT molecular complexity index is 346. The second-order valence-corrected chi connectivity index (χ2v) is 3.36. The molecule has 0 N–H and O–H groups in total. The highest BCUT2D eigenvalue weighted by molar-refractivity contribution is 5.58. The van der Waals surface area contributed by atoms with Gasteiger partial charge in [-0.05, 0) is 18.1 Å². The summed E-state index contributed by atoms with van der Waals surface area (Å²) in [5, 5.41) is 0. The van der Waals surface area contributed by atoms with E-state index in [-0.39, 0.29) is 5.92 Å². The van der Waals surface area contributed by atoms with Gasteiger partial charge in [0.15, 0.2) is 11.5 Å². The van der Waals surface area contributed by atoms with Crippen molar-refractivity contribution >= 4 is 6.29 Å². The summed E-state index contributed by atoms with van der Waals surface area (Å²) in [5.41, 5.74) is 1.05. The summed E-state index contributed by atoms with van der Waals surface area (Å²) in [4.78, 5) is 10.6. The molecule has 1 aliphatic rings. The van der Waals surface area contributed by atoms with E-state index in [1.807, 2.05) is 18.2 Å². The summed E-state index contributed by atoms with van der Waals surface area (Å²) in [5.74, 6) is 1.51. The molecule has 14 heavy (non-hydrogen) atoms. The number of aldehydes is 1. The molecule has 3 nitrogen and oxygen atoms in total. The van der Waals surface area contributed by atoms with Crippen LogP contribution >= 0.6 is 0 Å². The fourth-order valence-electron chi connectivity index (χ4n) is 1.67. The summed E-state index contributed by atoms with van der Waals surface area (Å²) < 4.78 is 10.7. The van der Waals surface area contributed by atoms with Crippen LogP contribution in [-0.2, 0) is 11.2 Å². The number of ether oxygens (including phenoxy) is 2. The van der Waals surface area contributed by atoms with E-state index in [1.165, 1.54) is 0 Å². The van der Waals surface area contributed by atoms with Crippen molar-refractivity contribution in [1.29, 1.82) is 0 Å². The van der Waals surface area contributed by atoms with Gasteiger partial charge in [0.05, 0.1) is 19.6 Å². The molecular formula is C11H12O3. The molecule has 1 heterocycles. The molecule has 0 aliphatic carbocycles. The molecule has 0 amide bonds. The number of carbonyl (C=O) groups is 1. The second kappa shape index (κ2) is 3.70. The van der Waals surface area contributed by atoms with Gasteiger partial charge in [0.1, 0.15) is 6.29 Å². The SMILES string of the molecule is COc1cccc2c1OC[C@H](C=O)C2. The lowest BCUT2D eigenvalue weighted by Crippen LogP contribution is -2.22. The molecule has 1 aliphatic heterocycles. The maximum atomic E-state index is 10.6. The number of hydrogen-bond donors (Lipinski definition) is 0. The first-order chi connectivity index (χ1) is 6.85. The molecule has 0 bridgehead atoms. The van der Waals surface area contributed by atoms with Crippen LogP contribution in [0.4, 0.5) is 0 Å². The van der Waals surface area contributed by atoms with Gasteiger partial charge in [-0.15, -0.1) is 0 Å². The second-order valence-electron chi connectivity index (χ2n) is 3.36. The van der Waals surface area contributed by atoms with Crippen LogP contribution in [0.5, 0.6) is 11.5 Å². The standard InChI is InChI=1S/C11H12O3/c1-13-10-4-2-3-9-5-8(6-12)7-14-11(9)10/h2-4,6,8H,5,7H2,1H3/t8-/m0/s1. The Morgan fingerprint density at radius 3 is 3.14 bits per heavy atom. The Balaban J connectivity index is 2.35. The molecule has 0 fully saturated rings. The van der Waals surface area contributed by atoms with Gasteiger partial charge in [0, 0.05) is 0 Å². The third kappa shape index (κ3) is 1.45.